The fourth-order valence-corrected chi connectivity index (χ4v) is 5.50. The minimum atomic E-state index is 0.0617. The fraction of sp³-hybridized carbons (Fsp3) is 0.560. The van der Waals surface area contributed by atoms with Crippen LogP contribution in [0, 0.1) is 5.92 Å². The molecule has 3 aromatic heterocycles. The first-order valence-corrected chi connectivity index (χ1v) is 13.2. The number of hydrogen-bond donors (Lipinski definition) is 1. The van der Waals surface area contributed by atoms with Gasteiger partial charge >= 0.3 is 0 Å². The number of pyridine rings is 1. The van der Waals surface area contributed by atoms with Crippen LogP contribution in [0.3, 0.4) is 0 Å². The van der Waals surface area contributed by atoms with Gasteiger partial charge in [-0.05, 0) is 80.7 Å². The van der Waals surface area contributed by atoms with Crippen LogP contribution in [0.5, 0.6) is 0 Å². The van der Waals surface area contributed by atoms with E-state index in [2.05, 4.69) is 60.7 Å². The Morgan fingerprint density at radius 3 is 2.76 bits per heavy atom. The molecule has 8 heteroatoms. The number of piperidine rings is 1. The van der Waals surface area contributed by atoms with Crippen molar-refractivity contribution in [3.63, 3.8) is 0 Å². The Bertz CT molecular complexity index is 1090. The van der Waals surface area contributed by atoms with Gasteiger partial charge in [0.2, 0.25) is 0 Å². The van der Waals surface area contributed by atoms with Gasteiger partial charge in [-0.25, -0.2) is 0 Å². The standard InChI is InChI=1S/C25H31N7S/c1-16(24-30-31-25(33-24)20-11-19(13-26-14-20)18-6-7-18)22-8-9-23(29-28-22)32-10-2-3-21(15-32)27-12-17-4-5-17/h8-9,11,13-14,16-18,21,27H,2-7,10,12,15H2,1H3. The van der Waals surface area contributed by atoms with Crippen molar-refractivity contribution in [2.24, 2.45) is 5.92 Å². The van der Waals surface area contributed by atoms with Crippen molar-refractivity contribution >= 4 is 17.2 Å². The van der Waals surface area contributed by atoms with E-state index in [0.29, 0.717) is 12.0 Å². The van der Waals surface area contributed by atoms with E-state index in [1.807, 2.05) is 12.4 Å². The van der Waals surface area contributed by atoms with Gasteiger partial charge in [-0.15, -0.1) is 15.3 Å². The van der Waals surface area contributed by atoms with Crippen LogP contribution >= 0.6 is 11.3 Å². The van der Waals surface area contributed by atoms with Crippen molar-refractivity contribution in [3.8, 4) is 10.6 Å². The third-order valence-corrected chi connectivity index (χ3v) is 8.27. The maximum atomic E-state index is 4.59. The Hall–Kier alpha value is -2.45. The summed E-state index contributed by atoms with van der Waals surface area (Å²) in [6.45, 7) is 5.37. The summed E-state index contributed by atoms with van der Waals surface area (Å²) in [5.74, 6) is 2.64. The van der Waals surface area contributed by atoms with E-state index in [4.69, 9.17) is 0 Å². The first-order valence-electron chi connectivity index (χ1n) is 12.3. The summed E-state index contributed by atoms with van der Waals surface area (Å²) >= 11 is 1.63. The van der Waals surface area contributed by atoms with Crippen molar-refractivity contribution in [1.82, 2.24) is 30.7 Å². The summed E-state index contributed by atoms with van der Waals surface area (Å²) in [7, 11) is 0. The zero-order valence-corrected chi connectivity index (χ0v) is 20.0. The van der Waals surface area contributed by atoms with Crippen LogP contribution in [-0.2, 0) is 0 Å². The largest absolute Gasteiger partial charge is 0.354 e. The zero-order chi connectivity index (χ0) is 22.2. The highest BCUT2D eigenvalue weighted by atomic mass is 32.1. The van der Waals surface area contributed by atoms with E-state index in [1.54, 1.807) is 11.3 Å². The van der Waals surface area contributed by atoms with E-state index in [-0.39, 0.29) is 5.92 Å². The quantitative estimate of drug-likeness (QED) is 0.533. The fourth-order valence-electron chi connectivity index (χ4n) is 4.61. The van der Waals surface area contributed by atoms with Crippen molar-refractivity contribution in [2.75, 3.05) is 24.5 Å². The lowest BCUT2D eigenvalue weighted by atomic mass is 10.1. The maximum absolute atomic E-state index is 4.59. The van der Waals surface area contributed by atoms with Gasteiger partial charge in [-0.1, -0.05) is 18.3 Å². The van der Waals surface area contributed by atoms with E-state index < -0.39 is 0 Å². The van der Waals surface area contributed by atoms with Gasteiger partial charge in [-0.3, -0.25) is 4.98 Å². The smallest absolute Gasteiger partial charge is 0.151 e. The molecule has 1 N–H and O–H groups in total. The van der Waals surface area contributed by atoms with Gasteiger partial charge in [0, 0.05) is 37.1 Å². The second-order valence-corrected chi connectivity index (χ2v) is 10.9. The average Bonchev–Trinajstić information content (AvgIpc) is 3.81. The van der Waals surface area contributed by atoms with Crippen LogP contribution in [-0.4, -0.2) is 51.1 Å². The highest BCUT2D eigenvalue weighted by molar-refractivity contribution is 7.14. The molecule has 2 aliphatic carbocycles. The second kappa shape index (κ2) is 9.06. The summed E-state index contributed by atoms with van der Waals surface area (Å²) in [4.78, 5) is 6.80. The molecular formula is C25H31N7S. The predicted molar refractivity (Wildman–Crippen MR) is 131 cm³/mol. The van der Waals surface area contributed by atoms with Crippen LogP contribution in [0.2, 0.25) is 0 Å². The van der Waals surface area contributed by atoms with Crippen LogP contribution in [0.1, 0.15) is 73.5 Å². The van der Waals surface area contributed by atoms with E-state index >= 15 is 0 Å². The molecule has 33 heavy (non-hydrogen) atoms. The molecule has 6 rings (SSSR count). The number of hydrogen-bond acceptors (Lipinski definition) is 8. The van der Waals surface area contributed by atoms with Crippen LogP contribution in [0.15, 0.2) is 30.6 Å². The van der Waals surface area contributed by atoms with E-state index in [9.17, 15) is 0 Å². The molecule has 0 aromatic carbocycles. The molecule has 7 nitrogen and oxygen atoms in total. The molecule has 3 fully saturated rings. The molecule has 0 radical (unpaired) electrons. The van der Waals surface area contributed by atoms with Crippen LogP contribution < -0.4 is 10.2 Å². The molecule has 1 saturated heterocycles. The molecule has 0 spiro atoms. The highest BCUT2D eigenvalue weighted by Gasteiger charge is 2.26. The first-order chi connectivity index (χ1) is 16.2. The summed E-state index contributed by atoms with van der Waals surface area (Å²) in [6.07, 6.45) is 11.7. The van der Waals surface area contributed by atoms with E-state index in [0.717, 1.165) is 46.1 Å². The van der Waals surface area contributed by atoms with Gasteiger partial charge in [0.25, 0.3) is 0 Å². The molecule has 0 amide bonds. The molecule has 4 heterocycles. The molecule has 172 valence electrons. The number of aromatic nitrogens is 5. The van der Waals surface area contributed by atoms with Gasteiger partial charge in [0.1, 0.15) is 10.0 Å². The van der Waals surface area contributed by atoms with Crippen molar-refractivity contribution in [2.45, 2.75) is 63.3 Å². The molecule has 0 bridgehead atoms. The molecule has 2 saturated carbocycles. The SMILES string of the molecule is CC(c1ccc(N2CCCC(NCC3CC3)C2)nn1)c1nnc(-c2cncc(C3CC3)c2)s1. The summed E-state index contributed by atoms with van der Waals surface area (Å²) in [5.41, 5.74) is 3.32. The van der Waals surface area contributed by atoms with E-state index in [1.165, 1.54) is 50.6 Å². The third kappa shape index (κ3) is 4.92. The van der Waals surface area contributed by atoms with Crippen LogP contribution in [0.25, 0.3) is 10.6 Å². The third-order valence-electron chi connectivity index (χ3n) is 7.12. The van der Waals surface area contributed by atoms with Gasteiger partial charge < -0.3 is 10.2 Å². The molecule has 2 unspecified atom stereocenters. The van der Waals surface area contributed by atoms with Crippen molar-refractivity contribution in [3.05, 3.63) is 46.9 Å². The molecule has 1 aliphatic heterocycles. The van der Waals surface area contributed by atoms with Crippen molar-refractivity contribution in [1.29, 1.82) is 0 Å². The maximum Gasteiger partial charge on any atom is 0.151 e. The zero-order valence-electron chi connectivity index (χ0n) is 19.2. The lowest BCUT2D eigenvalue weighted by Gasteiger charge is -2.34. The monoisotopic (exact) mass is 461 g/mol. The second-order valence-electron chi connectivity index (χ2n) is 9.90. The Morgan fingerprint density at radius 2 is 1.97 bits per heavy atom. The Morgan fingerprint density at radius 1 is 1.06 bits per heavy atom. The Labute approximate surface area is 199 Å². The summed E-state index contributed by atoms with van der Waals surface area (Å²) < 4.78 is 0. The minimum absolute atomic E-state index is 0.0617. The predicted octanol–water partition coefficient (Wildman–Crippen LogP) is 4.39. The minimum Gasteiger partial charge on any atom is -0.354 e. The normalized spacial score (nSPS) is 21.8. The van der Waals surface area contributed by atoms with Gasteiger partial charge in [-0.2, -0.15) is 5.10 Å². The lowest BCUT2D eigenvalue weighted by Crippen LogP contribution is -2.46. The lowest BCUT2D eigenvalue weighted by molar-refractivity contribution is 0.414. The number of nitrogens with zero attached hydrogens (tertiary/aromatic N) is 6. The van der Waals surface area contributed by atoms with Gasteiger partial charge in [0.15, 0.2) is 5.82 Å². The Kier molecular flexibility index (Phi) is 5.80. The number of anilines is 1. The number of nitrogens with one attached hydrogen (secondary N) is 1. The van der Waals surface area contributed by atoms with Gasteiger partial charge in [0.05, 0.1) is 11.6 Å². The molecule has 2 atom stereocenters. The van der Waals surface area contributed by atoms with Crippen LogP contribution in [0.4, 0.5) is 5.82 Å². The molecular weight excluding hydrogens is 430 g/mol. The van der Waals surface area contributed by atoms with Crippen molar-refractivity contribution < 1.29 is 0 Å². The topological polar surface area (TPSA) is 79.7 Å². The molecule has 3 aliphatic rings. The molecule has 3 aromatic rings. The average molecular weight is 462 g/mol. The first kappa shape index (κ1) is 21.1. The highest BCUT2D eigenvalue weighted by Crippen LogP contribution is 2.41. The Balaban J connectivity index is 1.11. The summed E-state index contributed by atoms with van der Waals surface area (Å²) in [6, 6.07) is 7.00. The summed E-state index contributed by atoms with van der Waals surface area (Å²) in [5, 5.41) is 23.7. The number of rotatable bonds is 8.